The second kappa shape index (κ2) is 10.2. The summed E-state index contributed by atoms with van der Waals surface area (Å²) in [6.45, 7) is 8.58. The first kappa shape index (κ1) is 27.3. The lowest BCUT2D eigenvalue weighted by Crippen LogP contribution is -2.63. The number of nitrogens with one attached hydrogen (secondary N) is 1. The van der Waals surface area contributed by atoms with Crippen LogP contribution in [0.25, 0.3) is 10.8 Å². The fraction of sp³-hybridized carbons (Fsp3) is 0.500. The highest BCUT2D eigenvalue weighted by Crippen LogP contribution is 2.38. The molecule has 0 radical (unpaired) electrons. The van der Waals surface area contributed by atoms with Gasteiger partial charge in [0.2, 0.25) is 11.8 Å². The molecule has 2 fully saturated rings. The number of hydrogen-bond donors (Lipinski definition) is 2. The zero-order chi connectivity index (χ0) is 29.1. The Bertz CT molecular complexity index is 1520. The monoisotopic (exact) mass is 560 g/mol. The van der Waals surface area contributed by atoms with Gasteiger partial charge in [-0.05, 0) is 57.2 Å². The third-order valence-corrected chi connectivity index (χ3v) is 8.50. The highest BCUT2D eigenvalue weighted by Gasteiger charge is 2.45. The van der Waals surface area contributed by atoms with Gasteiger partial charge in [0.15, 0.2) is 0 Å². The maximum Gasteiger partial charge on any atom is 0.340 e. The summed E-state index contributed by atoms with van der Waals surface area (Å²) in [6.07, 6.45) is 4.98. The van der Waals surface area contributed by atoms with Gasteiger partial charge in [-0.1, -0.05) is 6.92 Å². The molecule has 0 aromatic carbocycles. The second-order valence-electron chi connectivity index (χ2n) is 11.8. The molecular formula is C30H36N6O5. The number of nitrogens with two attached hydrogens (primary N) is 1. The van der Waals surface area contributed by atoms with Crippen molar-refractivity contribution in [3.05, 3.63) is 47.4 Å². The molecular weight excluding hydrogens is 524 g/mol. The molecule has 1 saturated carbocycles. The average molecular weight is 561 g/mol. The molecule has 216 valence electrons. The van der Waals surface area contributed by atoms with E-state index in [1.165, 1.54) is 0 Å². The first-order valence-corrected chi connectivity index (χ1v) is 14.1. The smallest absolute Gasteiger partial charge is 0.340 e. The summed E-state index contributed by atoms with van der Waals surface area (Å²) >= 11 is 0. The molecule has 1 amide bonds. The summed E-state index contributed by atoms with van der Waals surface area (Å²) in [5.41, 5.74) is 7.80. The van der Waals surface area contributed by atoms with Crippen LogP contribution in [0.15, 0.2) is 30.6 Å². The number of anilines is 2. The number of hydrogen-bond acceptors (Lipinski definition) is 10. The van der Waals surface area contributed by atoms with Crippen LogP contribution in [0.1, 0.15) is 68.1 Å². The Hall–Kier alpha value is -3.83. The van der Waals surface area contributed by atoms with Crippen molar-refractivity contribution in [3.8, 4) is 5.88 Å². The number of ether oxygens (including phenoxy) is 3. The van der Waals surface area contributed by atoms with Gasteiger partial charge in [-0.25, -0.2) is 19.7 Å². The summed E-state index contributed by atoms with van der Waals surface area (Å²) in [5.74, 6) is 1.56. The molecule has 41 heavy (non-hydrogen) atoms. The number of rotatable bonds is 8. The van der Waals surface area contributed by atoms with Crippen LogP contribution in [-0.4, -0.2) is 70.2 Å². The van der Waals surface area contributed by atoms with E-state index >= 15 is 0 Å². The Labute approximate surface area is 238 Å². The summed E-state index contributed by atoms with van der Waals surface area (Å²) in [4.78, 5) is 40.7. The molecule has 11 heteroatoms. The Morgan fingerprint density at radius 1 is 1.17 bits per heavy atom. The topological polar surface area (TPSA) is 142 Å². The fourth-order valence-corrected chi connectivity index (χ4v) is 5.57. The molecule has 11 nitrogen and oxygen atoms in total. The minimum absolute atomic E-state index is 0.0285. The minimum atomic E-state index is -0.829. The van der Waals surface area contributed by atoms with E-state index in [0.29, 0.717) is 40.7 Å². The van der Waals surface area contributed by atoms with Crippen LogP contribution in [0.4, 0.5) is 11.6 Å². The molecule has 1 aliphatic carbocycles. The third kappa shape index (κ3) is 4.97. The van der Waals surface area contributed by atoms with E-state index in [1.54, 1.807) is 31.6 Å². The molecule has 6 rings (SSSR count). The Morgan fingerprint density at radius 3 is 2.66 bits per heavy atom. The normalized spacial score (nSPS) is 25.1. The number of likely N-dealkylation sites (tertiary alicyclic amines) is 1. The summed E-state index contributed by atoms with van der Waals surface area (Å²) < 4.78 is 17.2. The number of methoxy groups -OCH3 is 1. The first-order valence-electron chi connectivity index (χ1n) is 14.1. The minimum Gasteiger partial charge on any atom is -0.470 e. The molecule has 5 heterocycles. The maximum absolute atomic E-state index is 12.5. The molecule has 0 unspecified atom stereocenters. The van der Waals surface area contributed by atoms with Crippen LogP contribution < -0.4 is 15.8 Å². The highest BCUT2D eigenvalue weighted by atomic mass is 16.5. The molecule has 3 aromatic rings. The van der Waals surface area contributed by atoms with Crippen molar-refractivity contribution in [1.82, 2.24) is 19.9 Å². The number of carbonyl (C=O) groups is 2. The molecule has 2 aliphatic heterocycles. The van der Waals surface area contributed by atoms with Crippen LogP contribution in [0, 0.1) is 5.92 Å². The van der Waals surface area contributed by atoms with Crippen molar-refractivity contribution in [1.29, 1.82) is 0 Å². The summed E-state index contributed by atoms with van der Waals surface area (Å²) in [7, 11) is 1.61. The van der Waals surface area contributed by atoms with Crippen LogP contribution in [0.2, 0.25) is 0 Å². The van der Waals surface area contributed by atoms with E-state index in [0.717, 1.165) is 23.8 Å². The van der Waals surface area contributed by atoms with Gasteiger partial charge in [-0.2, -0.15) is 0 Å². The van der Waals surface area contributed by atoms with Crippen LogP contribution in [0.5, 0.6) is 5.88 Å². The van der Waals surface area contributed by atoms with E-state index in [1.807, 2.05) is 38.7 Å². The summed E-state index contributed by atoms with van der Waals surface area (Å²) in [5, 5.41) is 4.81. The van der Waals surface area contributed by atoms with Crippen molar-refractivity contribution in [3.63, 3.8) is 0 Å². The fourth-order valence-electron chi connectivity index (χ4n) is 5.57. The number of nitrogens with zero attached hydrogens (tertiary/aromatic N) is 4. The number of esters is 1. The van der Waals surface area contributed by atoms with Crippen LogP contribution in [0.3, 0.4) is 0 Å². The van der Waals surface area contributed by atoms with E-state index in [-0.39, 0.29) is 48.6 Å². The predicted octanol–water partition coefficient (Wildman–Crippen LogP) is 3.64. The lowest BCUT2D eigenvalue weighted by atomic mass is 9.91. The summed E-state index contributed by atoms with van der Waals surface area (Å²) in [6, 6.07) is 5.33. The lowest BCUT2D eigenvalue weighted by molar-refractivity contribution is -0.148. The molecule has 3 aliphatic rings. The van der Waals surface area contributed by atoms with Crippen LogP contribution >= 0.6 is 0 Å². The maximum atomic E-state index is 12.5. The van der Waals surface area contributed by atoms with E-state index in [4.69, 9.17) is 24.9 Å². The zero-order valence-corrected chi connectivity index (χ0v) is 24.0. The molecule has 1 saturated heterocycles. The van der Waals surface area contributed by atoms with Gasteiger partial charge in [-0.3, -0.25) is 4.79 Å². The van der Waals surface area contributed by atoms with Crippen molar-refractivity contribution in [2.45, 2.75) is 70.2 Å². The molecule has 0 spiro atoms. The lowest BCUT2D eigenvalue weighted by Gasteiger charge is -2.45. The van der Waals surface area contributed by atoms with E-state index in [2.05, 4.69) is 15.3 Å². The average Bonchev–Trinajstić information content (AvgIpc) is 3.79. The Balaban J connectivity index is 1.31. The number of fused-ring (bicyclic) bond motifs is 2. The van der Waals surface area contributed by atoms with E-state index in [9.17, 15) is 9.59 Å². The Morgan fingerprint density at radius 2 is 1.95 bits per heavy atom. The van der Waals surface area contributed by atoms with E-state index < -0.39 is 5.54 Å². The third-order valence-electron chi connectivity index (χ3n) is 8.50. The largest absolute Gasteiger partial charge is 0.470 e. The van der Waals surface area contributed by atoms with Gasteiger partial charge >= 0.3 is 5.97 Å². The van der Waals surface area contributed by atoms with Gasteiger partial charge in [0, 0.05) is 36.9 Å². The first-order chi connectivity index (χ1) is 19.6. The number of carbonyl (C=O) groups excluding carboxylic acids is 2. The molecule has 0 bridgehead atoms. The highest BCUT2D eigenvalue weighted by molar-refractivity contribution is 5.93. The Kier molecular flexibility index (Phi) is 6.82. The number of pyridine rings is 3. The SMILES string of the molecule is COC[C@@](C)(N)c1cnc(O[C@@H]2CN(C(=O)C3CC3)[C@H]2C)c2cnc(Nc3ccc4c(n3)[C@@H](C)[C@H](C)OC4=O)cc12. The molecule has 5 atom stereocenters. The second-order valence-corrected chi connectivity index (χ2v) is 11.8. The zero-order valence-electron chi connectivity index (χ0n) is 24.0. The predicted molar refractivity (Wildman–Crippen MR) is 152 cm³/mol. The van der Waals surface area contributed by atoms with Gasteiger partial charge < -0.3 is 30.2 Å². The van der Waals surface area contributed by atoms with Crippen molar-refractivity contribution in [2.75, 3.05) is 25.6 Å². The van der Waals surface area contributed by atoms with Gasteiger partial charge in [0.05, 0.1) is 41.4 Å². The molecule has 3 N–H and O–H groups in total. The van der Waals surface area contributed by atoms with Crippen molar-refractivity contribution < 1.29 is 23.8 Å². The number of amides is 1. The molecule has 3 aromatic heterocycles. The van der Waals surface area contributed by atoms with Crippen molar-refractivity contribution >= 4 is 34.3 Å². The van der Waals surface area contributed by atoms with Crippen molar-refractivity contribution in [2.24, 2.45) is 11.7 Å². The quantitative estimate of drug-likeness (QED) is 0.392. The van der Waals surface area contributed by atoms with Crippen LogP contribution in [-0.2, 0) is 19.8 Å². The number of cyclic esters (lactones) is 1. The van der Waals surface area contributed by atoms with Gasteiger partial charge in [0.1, 0.15) is 23.8 Å². The standard InChI is InChI=1S/C30H36N6O5/c1-15-17(3)40-29(38)19-8-9-24(35-26(15)19)34-25-10-20-21(11-32-25)27(33-12-22(20)30(4,31)14-39-5)41-23-13-36(16(23)2)28(37)18-6-7-18/h8-12,15-18,23H,6-7,13-14,31H2,1-5H3,(H,32,34,35)/t15-,16-,17-,23+,30+/m0/s1. The number of aromatic nitrogens is 3. The van der Waals surface area contributed by atoms with Gasteiger partial charge in [-0.15, -0.1) is 0 Å². The van der Waals surface area contributed by atoms with Gasteiger partial charge in [0.25, 0.3) is 0 Å².